The average molecular weight is 492 g/mol. The first-order valence-corrected chi connectivity index (χ1v) is 12.5. The third-order valence-corrected chi connectivity index (χ3v) is 7.92. The van der Waals surface area contributed by atoms with Gasteiger partial charge in [-0.15, -0.1) is 0 Å². The Morgan fingerprint density at radius 1 is 1.19 bits per heavy atom. The molecule has 1 saturated carbocycles. The standard InChI is InChI=1S/C27H33N5O4/c1-16(19-10-11-29-21-7-9-23(34-3)32-24(19)21)27(2)14-17(4-6-20(27)25(28)33)30-15-18-5-8-22-26(31-18)36-13-12-35-22/h5,7-11,16-17,20,30H,4,6,12-15H2,1-3H3,(H2,28,33)/t16-,17-,20?,27-/m0/s1. The number of amides is 1. The van der Waals surface area contributed by atoms with Crippen LogP contribution in [0.2, 0.25) is 0 Å². The fourth-order valence-electron chi connectivity index (χ4n) is 5.76. The summed E-state index contributed by atoms with van der Waals surface area (Å²) in [7, 11) is 1.60. The van der Waals surface area contributed by atoms with Crippen LogP contribution in [0.4, 0.5) is 0 Å². The number of fused-ring (bicyclic) bond motifs is 2. The van der Waals surface area contributed by atoms with Crippen molar-refractivity contribution in [2.45, 2.75) is 51.6 Å². The van der Waals surface area contributed by atoms with Gasteiger partial charge in [-0.25, -0.2) is 9.97 Å². The zero-order valence-corrected chi connectivity index (χ0v) is 21.0. The molecule has 0 saturated heterocycles. The van der Waals surface area contributed by atoms with Gasteiger partial charge in [0.15, 0.2) is 5.75 Å². The van der Waals surface area contributed by atoms with E-state index in [4.69, 9.17) is 24.9 Å². The molecule has 0 bridgehead atoms. The molecule has 2 aliphatic rings. The molecule has 4 heterocycles. The molecule has 3 aromatic rings. The summed E-state index contributed by atoms with van der Waals surface area (Å²) < 4.78 is 16.6. The molecule has 3 N–H and O–H groups in total. The van der Waals surface area contributed by atoms with E-state index in [9.17, 15) is 4.79 Å². The molecule has 3 aromatic heterocycles. The number of carbonyl (C=O) groups excluding carboxylic acids is 1. The maximum atomic E-state index is 12.6. The number of rotatable bonds is 7. The Kier molecular flexibility index (Phi) is 6.66. The van der Waals surface area contributed by atoms with Gasteiger partial charge in [-0.1, -0.05) is 13.8 Å². The van der Waals surface area contributed by atoms with Crippen molar-refractivity contribution >= 4 is 16.9 Å². The minimum Gasteiger partial charge on any atom is -0.484 e. The maximum Gasteiger partial charge on any atom is 0.257 e. The van der Waals surface area contributed by atoms with Crippen molar-refractivity contribution in [1.82, 2.24) is 20.3 Å². The van der Waals surface area contributed by atoms with Gasteiger partial charge in [-0.3, -0.25) is 9.78 Å². The maximum absolute atomic E-state index is 12.6. The van der Waals surface area contributed by atoms with Gasteiger partial charge in [0.1, 0.15) is 13.2 Å². The van der Waals surface area contributed by atoms with Crippen molar-refractivity contribution in [2.24, 2.45) is 17.1 Å². The largest absolute Gasteiger partial charge is 0.484 e. The fourth-order valence-corrected chi connectivity index (χ4v) is 5.76. The number of nitrogens with zero attached hydrogens (tertiary/aromatic N) is 3. The van der Waals surface area contributed by atoms with Crippen LogP contribution in [0, 0.1) is 11.3 Å². The molecule has 1 fully saturated rings. The predicted molar refractivity (Wildman–Crippen MR) is 135 cm³/mol. The van der Waals surface area contributed by atoms with Crippen LogP contribution >= 0.6 is 0 Å². The van der Waals surface area contributed by atoms with E-state index in [0.29, 0.717) is 37.3 Å². The molecule has 5 rings (SSSR count). The van der Waals surface area contributed by atoms with Gasteiger partial charge in [-0.05, 0) is 60.4 Å². The number of hydrogen-bond acceptors (Lipinski definition) is 8. The average Bonchev–Trinajstić information content (AvgIpc) is 2.90. The molecule has 0 spiro atoms. The first kappa shape index (κ1) is 24.2. The smallest absolute Gasteiger partial charge is 0.257 e. The van der Waals surface area contributed by atoms with E-state index in [-0.39, 0.29) is 29.2 Å². The van der Waals surface area contributed by atoms with E-state index >= 15 is 0 Å². The quantitative estimate of drug-likeness (QED) is 0.516. The molecular formula is C27H33N5O4. The summed E-state index contributed by atoms with van der Waals surface area (Å²) in [6.07, 6.45) is 4.18. The lowest BCUT2D eigenvalue weighted by Gasteiger charge is -2.47. The molecule has 1 unspecified atom stereocenters. The van der Waals surface area contributed by atoms with Crippen LogP contribution in [0.25, 0.3) is 11.0 Å². The van der Waals surface area contributed by atoms with Crippen LogP contribution < -0.4 is 25.3 Å². The SMILES string of the molecule is COc1ccc2nccc([C@H](C)[C@]3(C)C[C@@H](NCc4ccc5c(n4)OCCO5)CCC3C(N)=O)c2n1. The lowest BCUT2D eigenvalue weighted by molar-refractivity contribution is -0.128. The number of nitrogens with two attached hydrogens (primary N) is 1. The van der Waals surface area contributed by atoms with E-state index in [1.165, 1.54) is 0 Å². The summed E-state index contributed by atoms with van der Waals surface area (Å²) in [5.41, 5.74) is 9.11. The third-order valence-electron chi connectivity index (χ3n) is 7.92. The minimum atomic E-state index is -0.374. The highest BCUT2D eigenvalue weighted by molar-refractivity contribution is 5.80. The first-order chi connectivity index (χ1) is 17.4. The van der Waals surface area contributed by atoms with Crippen LogP contribution in [0.5, 0.6) is 17.5 Å². The fraction of sp³-hybridized carbons (Fsp3) is 0.481. The van der Waals surface area contributed by atoms with E-state index in [1.54, 1.807) is 13.3 Å². The van der Waals surface area contributed by atoms with Gasteiger partial charge in [0.05, 0.1) is 23.8 Å². The minimum absolute atomic E-state index is 0.0112. The monoisotopic (exact) mass is 491 g/mol. The molecule has 9 nitrogen and oxygen atoms in total. The number of carbonyl (C=O) groups is 1. The number of hydrogen-bond donors (Lipinski definition) is 2. The molecule has 1 aliphatic heterocycles. The highest BCUT2D eigenvalue weighted by Crippen LogP contribution is 2.51. The Balaban J connectivity index is 1.39. The first-order valence-electron chi connectivity index (χ1n) is 12.5. The topological polar surface area (TPSA) is 121 Å². The third kappa shape index (κ3) is 4.55. The van der Waals surface area contributed by atoms with E-state index in [2.05, 4.69) is 29.1 Å². The van der Waals surface area contributed by atoms with E-state index < -0.39 is 0 Å². The Morgan fingerprint density at radius 3 is 2.83 bits per heavy atom. The van der Waals surface area contributed by atoms with Gasteiger partial charge in [0.25, 0.3) is 5.88 Å². The highest BCUT2D eigenvalue weighted by atomic mass is 16.6. The number of nitrogens with one attached hydrogen (secondary N) is 1. The van der Waals surface area contributed by atoms with E-state index in [1.807, 2.05) is 30.3 Å². The van der Waals surface area contributed by atoms with Crippen molar-refractivity contribution in [2.75, 3.05) is 20.3 Å². The van der Waals surface area contributed by atoms with Crippen LogP contribution in [0.15, 0.2) is 36.5 Å². The zero-order valence-electron chi connectivity index (χ0n) is 21.0. The molecule has 1 aliphatic carbocycles. The lowest BCUT2D eigenvalue weighted by Crippen LogP contribution is -2.49. The van der Waals surface area contributed by atoms with E-state index in [0.717, 1.165) is 41.6 Å². The molecular weight excluding hydrogens is 458 g/mol. The Morgan fingerprint density at radius 2 is 2.03 bits per heavy atom. The van der Waals surface area contributed by atoms with Gasteiger partial charge < -0.3 is 25.3 Å². The van der Waals surface area contributed by atoms with Gasteiger partial charge in [0.2, 0.25) is 11.8 Å². The number of aromatic nitrogens is 3. The number of methoxy groups -OCH3 is 1. The Labute approximate surface area is 210 Å². The summed E-state index contributed by atoms with van der Waals surface area (Å²) in [5, 5.41) is 3.66. The molecule has 36 heavy (non-hydrogen) atoms. The summed E-state index contributed by atoms with van der Waals surface area (Å²) in [6, 6.07) is 9.79. The van der Waals surface area contributed by atoms with Crippen molar-refractivity contribution in [1.29, 1.82) is 0 Å². The second-order valence-corrected chi connectivity index (χ2v) is 9.97. The summed E-state index contributed by atoms with van der Waals surface area (Å²) in [4.78, 5) is 26.4. The van der Waals surface area contributed by atoms with Crippen LogP contribution in [0.3, 0.4) is 0 Å². The second-order valence-electron chi connectivity index (χ2n) is 9.97. The molecule has 1 amide bonds. The second kappa shape index (κ2) is 9.89. The normalized spacial score (nSPS) is 24.3. The molecule has 190 valence electrons. The van der Waals surface area contributed by atoms with Gasteiger partial charge in [0, 0.05) is 30.8 Å². The van der Waals surface area contributed by atoms with Crippen LogP contribution in [-0.4, -0.2) is 47.2 Å². The number of pyridine rings is 3. The van der Waals surface area contributed by atoms with Crippen molar-refractivity contribution in [3.05, 3.63) is 47.8 Å². The van der Waals surface area contributed by atoms with Crippen molar-refractivity contribution in [3.63, 3.8) is 0 Å². The predicted octanol–water partition coefficient (Wildman–Crippen LogP) is 3.36. The summed E-state index contributed by atoms with van der Waals surface area (Å²) in [5.74, 6) is 1.28. The molecule has 0 aromatic carbocycles. The summed E-state index contributed by atoms with van der Waals surface area (Å²) in [6.45, 7) is 5.99. The van der Waals surface area contributed by atoms with Crippen LogP contribution in [-0.2, 0) is 11.3 Å². The number of primary amides is 1. The lowest BCUT2D eigenvalue weighted by atomic mass is 9.58. The number of ether oxygens (including phenoxy) is 3. The molecule has 0 radical (unpaired) electrons. The Bertz CT molecular complexity index is 1270. The van der Waals surface area contributed by atoms with Crippen molar-refractivity contribution in [3.8, 4) is 17.5 Å². The zero-order chi connectivity index (χ0) is 25.3. The Hall–Kier alpha value is -3.46. The van der Waals surface area contributed by atoms with Crippen LogP contribution in [0.1, 0.15) is 50.3 Å². The van der Waals surface area contributed by atoms with Crippen molar-refractivity contribution < 1.29 is 19.0 Å². The van der Waals surface area contributed by atoms with Gasteiger partial charge >= 0.3 is 0 Å². The highest BCUT2D eigenvalue weighted by Gasteiger charge is 2.47. The summed E-state index contributed by atoms with van der Waals surface area (Å²) >= 11 is 0. The molecule has 4 atom stereocenters. The van der Waals surface area contributed by atoms with Gasteiger partial charge in [-0.2, -0.15) is 0 Å². The molecule has 9 heteroatoms.